The fourth-order valence-corrected chi connectivity index (χ4v) is 4.96. The third kappa shape index (κ3) is 4.39. The van der Waals surface area contributed by atoms with Crippen molar-refractivity contribution < 1.29 is 17.9 Å². The second-order valence-corrected chi connectivity index (χ2v) is 9.71. The number of likely N-dealkylation sites (N-methyl/N-ethyl adjacent to an activating group) is 1. The van der Waals surface area contributed by atoms with Crippen LogP contribution < -0.4 is 10.1 Å². The van der Waals surface area contributed by atoms with Gasteiger partial charge in [0.25, 0.3) is 0 Å². The molecule has 0 radical (unpaired) electrons. The second kappa shape index (κ2) is 9.01. The number of nitrogens with zero attached hydrogens (tertiary/aromatic N) is 5. The number of ether oxygens (including phenoxy) is 1. The highest BCUT2D eigenvalue weighted by atomic mass is 19.4. The zero-order valence-corrected chi connectivity index (χ0v) is 19.9. The average Bonchev–Trinajstić information content (AvgIpc) is 3.42. The van der Waals surface area contributed by atoms with Gasteiger partial charge in [-0.05, 0) is 56.0 Å². The van der Waals surface area contributed by atoms with Crippen LogP contribution >= 0.6 is 0 Å². The van der Waals surface area contributed by atoms with E-state index in [1.807, 2.05) is 30.3 Å². The van der Waals surface area contributed by atoms with E-state index in [9.17, 15) is 13.2 Å². The first-order valence-electron chi connectivity index (χ1n) is 12.3. The van der Waals surface area contributed by atoms with E-state index in [1.54, 1.807) is 17.5 Å². The van der Waals surface area contributed by atoms with Crippen molar-refractivity contribution >= 4 is 16.6 Å². The number of para-hydroxylation sites is 1. The first-order chi connectivity index (χ1) is 17.4. The summed E-state index contributed by atoms with van der Waals surface area (Å²) in [4.78, 5) is 6.29. The van der Waals surface area contributed by atoms with Crippen LogP contribution in [0.2, 0.25) is 0 Å². The number of alkyl halides is 3. The number of likely N-dealkylation sites (tertiary alicyclic amines) is 1. The molecule has 1 aliphatic heterocycles. The summed E-state index contributed by atoms with van der Waals surface area (Å²) in [7, 11) is 1.78. The van der Waals surface area contributed by atoms with E-state index in [2.05, 4.69) is 15.5 Å². The molecule has 1 saturated carbocycles. The Hall–Kier alpha value is -3.24. The Morgan fingerprint density at radius 1 is 1.08 bits per heavy atom. The summed E-state index contributed by atoms with van der Waals surface area (Å²) in [6.07, 6.45) is 0.124. The number of halogens is 3. The molecule has 7 nitrogen and oxygen atoms in total. The van der Waals surface area contributed by atoms with Gasteiger partial charge < -0.3 is 10.1 Å². The molecule has 6 rings (SSSR count). The lowest BCUT2D eigenvalue weighted by atomic mass is 10.1. The van der Waals surface area contributed by atoms with Crippen LogP contribution in [0.1, 0.15) is 30.9 Å². The summed E-state index contributed by atoms with van der Waals surface area (Å²) in [5.74, 6) is 1.69. The zero-order chi connectivity index (χ0) is 24.9. The molecular formula is C26H27F3N6O. The van der Waals surface area contributed by atoms with E-state index >= 15 is 0 Å². The molecule has 36 heavy (non-hydrogen) atoms. The third-order valence-electron chi connectivity index (χ3n) is 7.13. The summed E-state index contributed by atoms with van der Waals surface area (Å²) in [6.45, 7) is 1.37. The van der Waals surface area contributed by atoms with Crippen molar-refractivity contribution in [1.82, 2.24) is 29.8 Å². The lowest BCUT2D eigenvalue weighted by Crippen LogP contribution is -2.39. The van der Waals surface area contributed by atoms with Crippen molar-refractivity contribution in [2.75, 3.05) is 26.7 Å². The first-order valence-corrected chi connectivity index (χ1v) is 12.3. The Labute approximate surface area is 206 Å². The molecule has 2 atom stereocenters. The summed E-state index contributed by atoms with van der Waals surface area (Å²) >= 11 is 0. The van der Waals surface area contributed by atoms with Gasteiger partial charge in [-0.25, -0.2) is 4.98 Å². The molecule has 2 fully saturated rings. The highest BCUT2D eigenvalue weighted by Crippen LogP contribution is 2.40. The van der Waals surface area contributed by atoms with Crippen LogP contribution in [0, 0.1) is 5.92 Å². The Morgan fingerprint density at radius 3 is 2.69 bits per heavy atom. The maximum absolute atomic E-state index is 14.3. The molecule has 0 unspecified atom stereocenters. The number of fused-ring (bicyclic) bond motifs is 2. The molecule has 3 aromatic heterocycles. The van der Waals surface area contributed by atoms with Gasteiger partial charge in [-0.1, -0.05) is 24.3 Å². The highest BCUT2D eigenvalue weighted by Gasteiger charge is 2.46. The van der Waals surface area contributed by atoms with E-state index < -0.39 is 12.2 Å². The van der Waals surface area contributed by atoms with E-state index in [0.29, 0.717) is 60.5 Å². The van der Waals surface area contributed by atoms with Crippen LogP contribution in [0.25, 0.3) is 28.1 Å². The molecule has 4 heterocycles. The summed E-state index contributed by atoms with van der Waals surface area (Å²) in [6, 6.07) is 10.9. The lowest BCUT2D eigenvalue weighted by molar-refractivity contribution is -0.184. The van der Waals surface area contributed by atoms with Crippen LogP contribution in [0.15, 0.2) is 48.7 Å². The molecule has 0 spiro atoms. The van der Waals surface area contributed by atoms with Crippen molar-refractivity contribution in [2.45, 2.75) is 37.5 Å². The minimum Gasteiger partial charge on any atom is -0.491 e. The number of aromatic nitrogens is 4. The van der Waals surface area contributed by atoms with Crippen molar-refractivity contribution in [3.05, 3.63) is 54.2 Å². The van der Waals surface area contributed by atoms with Crippen LogP contribution in [0.3, 0.4) is 0 Å². The molecule has 1 aliphatic carbocycles. The van der Waals surface area contributed by atoms with Gasteiger partial charge in [0.1, 0.15) is 23.0 Å². The van der Waals surface area contributed by atoms with Gasteiger partial charge in [0.2, 0.25) is 0 Å². The van der Waals surface area contributed by atoms with Crippen molar-refractivity contribution in [3.63, 3.8) is 0 Å². The van der Waals surface area contributed by atoms with E-state index in [0.717, 1.165) is 5.39 Å². The molecule has 188 valence electrons. The van der Waals surface area contributed by atoms with Crippen LogP contribution in [-0.4, -0.2) is 63.4 Å². The fourth-order valence-electron chi connectivity index (χ4n) is 4.96. The van der Waals surface area contributed by atoms with Crippen molar-refractivity contribution in [3.8, 4) is 17.3 Å². The van der Waals surface area contributed by atoms with Crippen molar-refractivity contribution in [1.29, 1.82) is 0 Å². The monoisotopic (exact) mass is 496 g/mol. The minimum atomic E-state index is -4.42. The normalized spacial score (nSPS) is 19.8. The maximum Gasteiger partial charge on any atom is 0.408 e. The second-order valence-electron chi connectivity index (χ2n) is 9.71. The standard InChI is InChI=1S/C26H27F3N6O/c1-30-19-11-12-34(14-19)24(26(27,28)29)18-8-10-22-32-33-25(35(22)13-18)20-9-7-17-3-2-4-21(23(17)31-20)36-15-16-5-6-16/h2-4,7-10,13,16,19,24,30H,5-6,11-12,14-15H2,1H3/t19-,24+/m0/s1. The van der Waals surface area contributed by atoms with Gasteiger partial charge in [0.15, 0.2) is 11.5 Å². The van der Waals surface area contributed by atoms with E-state index in [-0.39, 0.29) is 11.6 Å². The maximum atomic E-state index is 14.3. The van der Waals surface area contributed by atoms with Gasteiger partial charge in [-0.3, -0.25) is 9.30 Å². The Kier molecular flexibility index (Phi) is 5.80. The molecule has 0 amide bonds. The van der Waals surface area contributed by atoms with Gasteiger partial charge in [-0.15, -0.1) is 10.2 Å². The summed E-state index contributed by atoms with van der Waals surface area (Å²) in [5, 5.41) is 12.5. The highest BCUT2D eigenvalue weighted by molar-refractivity contribution is 5.86. The molecule has 10 heteroatoms. The van der Waals surface area contributed by atoms with Crippen LogP contribution in [0.5, 0.6) is 5.75 Å². The van der Waals surface area contributed by atoms with Crippen molar-refractivity contribution in [2.24, 2.45) is 5.92 Å². The Morgan fingerprint density at radius 2 is 1.94 bits per heavy atom. The largest absolute Gasteiger partial charge is 0.491 e. The number of hydrogen-bond donors (Lipinski definition) is 1. The smallest absolute Gasteiger partial charge is 0.408 e. The quantitative estimate of drug-likeness (QED) is 0.403. The predicted molar refractivity (Wildman–Crippen MR) is 130 cm³/mol. The molecule has 1 saturated heterocycles. The number of benzene rings is 1. The molecule has 1 aromatic carbocycles. The van der Waals surface area contributed by atoms with Gasteiger partial charge >= 0.3 is 6.18 Å². The summed E-state index contributed by atoms with van der Waals surface area (Å²) in [5.41, 5.74) is 1.84. The Bertz CT molecular complexity index is 1400. The molecule has 1 N–H and O–H groups in total. The zero-order valence-electron chi connectivity index (χ0n) is 19.9. The third-order valence-corrected chi connectivity index (χ3v) is 7.13. The van der Waals surface area contributed by atoms with Gasteiger partial charge in [0.05, 0.1) is 6.61 Å². The molecule has 2 aliphatic rings. The minimum absolute atomic E-state index is 0.0437. The number of nitrogens with one attached hydrogen (secondary N) is 1. The predicted octanol–water partition coefficient (Wildman–Crippen LogP) is 4.63. The van der Waals surface area contributed by atoms with Crippen LogP contribution in [-0.2, 0) is 0 Å². The van der Waals surface area contributed by atoms with Gasteiger partial charge in [-0.2, -0.15) is 13.2 Å². The Balaban J connectivity index is 1.39. The van der Waals surface area contributed by atoms with Gasteiger partial charge in [0, 0.05) is 30.7 Å². The fraction of sp³-hybridized carbons (Fsp3) is 0.423. The van der Waals surface area contributed by atoms with Crippen LogP contribution in [0.4, 0.5) is 13.2 Å². The number of rotatable bonds is 7. The molecule has 4 aromatic rings. The average molecular weight is 497 g/mol. The van der Waals surface area contributed by atoms with E-state index in [4.69, 9.17) is 9.72 Å². The number of pyridine rings is 2. The SMILES string of the molecule is CN[C@H]1CCN([C@H](c2ccc3nnc(-c4ccc5cccc(OCC6CC6)c5n4)n3c2)C(F)(F)F)C1. The topological polar surface area (TPSA) is 67.6 Å². The van der Waals surface area contributed by atoms with E-state index in [1.165, 1.54) is 30.0 Å². The molecular weight excluding hydrogens is 469 g/mol. The first kappa shape index (κ1) is 23.2. The molecule has 0 bridgehead atoms. The lowest BCUT2D eigenvalue weighted by Gasteiger charge is -2.30. The number of hydrogen-bond acceptors (Lipinski definition) is 6. The summed E-state index contributed by atoms with van der Waals surface area (Å²) < 4.78 is 50.4.